The molecule has 0 saturated heterocycles. The first-order valence-corrected chi connectivity index (χ1v) is 4.29. The van der Waals surface area contributed by atoms with Gasteiger partial charge in [-0.15, -0.1) is 0 Å². The largest absolute Gasteiger partial charge is 0.0840 e. The van der Waals surface area contributed by atoms with Crippen LogP contribution in [0.3, 0.4) is 0 Å². The van der Waals surface area contributed by atoms with E-state index in [0.717, 1.165) is 0 Å². The lowest BCUT2D eigenvalue weighted by molar-refractivity contribution is 0.789. The lowest BCUT2D eigenvalue weighted by atomic mass is 10.0. The Morgan fingerprint density at radius 3 is 2.73 bits per heavy atom. The fraction of sp³-hybridized carbons (Fsp3) is 0.636. The van der Waals surface area contributed by atoms with E-state index in [1.165, 1.54) is 32.1 Å². The van der Waals surface area contributed by atoms with E-state index in [9.17, 15) is 0 Å². The first-order valence-electron chi connectivity index (χ1n) is 4.29. The topological polar surface area (TPSA) is 0 Å². The van der Waals surface area contributed by atoms with Crippen LogP contribution < -0.4 is 0 Å². The molecule has 0 atom stereocenters. The molecular formula is C11H20. The van der Waals surface area contributed by atoms with E-state index in [4.69, 9.17) is 0 Å². The second-order valence-corrected chi connectivity index (χ2v) is 2.86. The number of hydrogen-bond donors (Lipinski definition) is 0. The lowest BCUT2D eigenvalue weighted by Crippen LogP contribution is -1.84. The molecule has 0 saturated carbocycles. The van der Waals surface area contributed by atoms with E-state index in [1.807, 2.05) is 0 Å². The highest BCUT2D eigenvalue weighted by molar-refractivity contribution is 5.21. The minimum absolute atomic E-state index is 0. The smallest absolute Gasteiger partial charge is 0.0282 e. The minimum atomic E-state index is 0. The van der Waals surface area contributed by atoms with Crippen LogP contribution in [0.4, 0.5) is 0 Å². The van der Waals surface area contributed by atoms with Crippen molar-refractivity contribution in [2.24, 2.45) is 0 Å². The average molecular weight is 152 g/mol. The summed E-state index contributed by atoms with van der Waals surface area (Å²) in [5, 5.41) is 0. The molecule has 0 aromatic carbocycles. The predicted molar refractivity (Wildman–Crippen MR) is 52.7 cm³/mol. The summed E-state index contributed by atoms with van der Waals surface area (Å²) in [6, 6.07) is 0. The summed E-state index contributed by atoms with van der Waals surface area (Å²) in [5.41, 5.74) is 1.55. The zero-order valence-corrected chi connectivity index (χ0v) is 6.77. The van der Waals surface area contributed by atoms with Gasteiger partial charge < -0.3 is 0 Å². The molecule has 0 aromatic rings. The molecule has 0 fully saturated rings. The molecule has 0 aromatic heterocycles. The third-order valence-corrected chi connectivity index (χ3v) is 1.89. The first kappa shape index (κ1) is 10.5. The molecule has 0 amide bonds. The Bertz CT molecular complexity index is 140. The number of hydrogen-bond acceptors (Lipinski definition) is 0. The molecule has 0 heterocycles. The van der Waals surface area contributed by atoms with Gasteiger partial charge in [0.1, 0.15) is 0 Å². The molecule has 1 aliphatic carbocycles. The Labute approximate surface area is 71.0 Å². The second kappa shape index (κ2) is 6.21. The van der Waals surface area contributed by atoms with Crippen LogP contribution in [0.2, 0.25) is 0 Å². The summed E-state index contributed by atoms with van der Waals surface area (Å²) in [6.45, 7) is 2.24. The highest BCUT2D eigenvalue weighted by Gasteiger charge is 1.94. The maximum Gasteiger partial charge on any atom is -0.0282 e. The number of unbranched alkanes of at least 4 members (excludes halogenated alkanes) is 1. The third kappa shape index (κ3) is 4.02. The van der Waals surface area contributed by atoms with Crippen molar-refractivity contribution in [2.75, 3.05) is 0 Å². The second-order valence-electron chi connectivity index (χ2n) is 2.86. The van der Waals surface area contributed by atoms with E-state index in [-0.39, 0.29) is 7.43 Å². The SMILES string of the molecule is C.CCCCC1=CCCC=C1. The quantitative estimate of drug-likeness (QED) is 0.571. The van der Waals surface area contributed by atoms with E-state index in [2.05, 4.69) is 25.2 Å². The Balaban J connectivity index is 0.000001000. The third-order valence-electron chi connectivity index (χ3n) is 1.89. The van der Waals surface area contributed by atoms with E-state index in [0.29, 0.717) is 0 Å². The summed E-state index contributed by atoms with van der Waals surface area (Å²) < 4.78 is 0. The zero-order chi connectivity index (χ0) is 7.23. The van der Waals surface area contributed by atoms with Crippen LogP contribution in [0, 0.1) is 0 Å². The monoisotopic (exact) mass is 152 g/mol. The van der Waals surface area contributed by atoms with Gasteiger partial charge in [-0.3, -0.25) is 0 Å². The van der Waals surface area contributed by atoms with Gasteiger partial charge in [0.25, 0.3) is 0 Å². The maximum absolute atomic E-state index is 2.37. The van der Waals surface area contributed by atoms with Crippen molar-refractivity contribution in [2.45, 2.75) is 46.5 Å². The van der Waals surface area contributed by atoms with Crippen molar-refractivity contribution in [3.8, 4) is 0 Å². The van der Waals surface area contributed by atoms with Gasteiger partial charge in [-0.2, -0.15) is 0 Å². The van der Waals surface area contributed by atoms with Crippen LogP contribution in [0.5, 0.6) is 0 Å². The highest BCUT2D eigenvalue weighted by Crippen LogP contribution is 2.15. The van der Waals surface area contributed by atoms with E-state index in [1.54, 1.807) is 5.57 Å². The summed E-state index contributed by atoms with van der Waals surface area (Å²) in [6.07, 6.45) is 13.4. The van der Waals surface area contributed by atoms with Gasteiger partial charge in [0.15, 0.2) is 0 Å². The van der Waals surface area contributed by atoms with Crippen LogP contribution in [-0.4, -0.2) is 0 Å². The summed E-state index contributed by atoms with van der Waals surface area (Å²) >= 11 is 0. The standard InChI is InChI=1S/C10H16.CH4/c1-2-3-7-10-8-5-4-6-9-10;/h5,8-9H,2-4,6-7H2,1H3;1H4. The van der Waals surface area contributed by atoms with Crippen LogP contribution in [-0.2, 0) is 0 Å². The molecule has 0 spiro atoms. The van der Waals surface area contributed by atoms with Crippen molar-refractivity contribution in [3.63, 3.8) is 0 Å². The van der Waals surface area contributed by atoms with Crippen LogP contribution >= 0.6 is 0 Å². The van der Waals surface area contributed by atoms with Gasteiger partial charge in [-0.25, -0.2) is 0 Å². The van der Waals surface area contributed by atoms with Crippen molar-refractivity contribution >= 4 is 0 Å². The Hall–Kier alpha value is -0.520. The van der Waals surface area contributed by atoms with Gasteiger partial charge in [-0.1, -0.05) is 44.6 Å². The number of allylic oxidation sites excluding steroid dienone is 4. The van der Waals surface area contributed by atoms with Crippen LogP contribution in [0.15, 0.2) is 23.8 Å². The Morgan fingerprint density at radius 1 is 1.36 bits per heavy atom. The van der Waals surface area contributed by atoms with E-state index < -0.39 is 0 Å². The summed E-state index contributed by atoms with van der Waals surface area (Å²) in [4.78, 5) is 0. The fourth-order valence-corrected chi connectivity index (χ4v) is 1.23. The van der Waals surface area contributed by atoms with Crippen LogP contribution in [0.25, 0.3) is 0 Å². The highest BCUT2D eigenvalue weighted by atomic mass is 14.0. The molecule has 11 heavy (non-hydrogen) atoms. The van der Waals surface area contributed by atoms with Crippen molar-refractivity contribution in [3.05, 3.63) is 23.8 Å². The fourth-order valence-electron chi connectivity index (χ4n) is 1.23. The molecule has 0 nitrogen and oxygen atoms in total. The minimum Gasteiger partial charge on any atom is -0.0840 e. The van der Waals surface area contributed by atoms with Gasteiger partial charge in [-0.05, 0) is 25.7 Å². The lowest BCUT2D eigenvalue weighted by Gasteiger charge is -2.04. The summed E-state index contributed by atoms with van der Waals surface area (Å²) in [7, 11) is 0. The van der Waals surface area contributed by atoms with E-state index >= 15 is 0 Å². The van der Waals surface area contributed by atoms with Crippen LogP contribution in [0.1, 0.15) is 46.5 Å². The Morgan fingerprint density at radius 2 is 2.18 bits per heavy atom. The molecule has 1 rings (SSSR count). The molecule has 0 heteroatoms. The van der Waals surface area contributed by atoms with Gasteiger partial charge in [0.05, 0.1) is 0 Å². The zero-order valence-electron chi connectivity index (χ0n) is 6.77. The molecule has 0 aliphatic heterocycles. The Kier molecular flexibility index (Phi) is 5.91. The molecule has 0 radical (unpaired) electrons. The van der Waals surface area contributed by atoms with Gasteiger partial charge in [0.2, 0.25) is 0 Å². The summed E-state index contributed by atoms with van der Waals surface area (Å²) in [5.74, 6) is 0. The predicted octanol–water partition coefficient (Wildman–Crippen LogP) is 4.09. The molecule has 1 aliphatic rings. The first-order chi connectivity index (χ1) is 4.93. The van der Waals surface area contributed by atoms with Crippen molar-refractivity contribution in [1.29, 1.82) is 0 Å². The average Bonchev–Trinajstić information content (AvgIpc) is 2.03. The molecule has 0 unspecified atom stereocenters. The van der Waals surface area contributed by atoms with Gasteiger partial charge in [0, 0.05) is 0 Å². The molecule has 0 bridgehead atoms. The van der Waals surface area contributed by atoms with Crippen molar-refractivity contribution in [1.82, 2.24) is 0 Å². The van der Waals surface area contributed by atoms with Gasteiger partial charge >= 0.3 is 0 Å². The maximum atomic E-state index is 2.37. The number of rotatable bonds is 3. The normalized spacial score (nSPS) is 15.5. The molecule has 0 N–H and O–H groups in total. The molecule has 64 valence electrons. The molecular weight excluding hydrogens is 132 g/mol. The van der Waals surface area contributed by atoms with Crippen molar-refractivity contribution < 1.29 is 0 Å².